The number of rotatable bonds is 0. The summed E-state index contributed by atoms with van der Waals surface area (Å²) in [5.74, 6) is -0.773. The lowest BCUT2D eigenvalue weighted by Gasteiger charge is -2.24. The second-order valence-corrected chi connectivity index (χ2v) is 2.70. The van der Waals surface area contributed by atoms with Gasteiger partial charge in [0.1, 0.15) is 0 Å². The Labute approximate surface area is 61.3 Å². The smallest absolute Gasteiger partial charge is 0.428 e. The number of halogens is 3. The Morgan fingerprint density at radius 3 is 2.27 bits per heavy atom. The second-order valence-electron chi connectivity index (χ2n) is 2.70. The first-order valence-electron chi connectivity index (χ1n) is 3.14. The minimum absolute atomic E-state index is 0.143. The van der Waals surface area contributed by atoms with Gasteiger partial charge < -0.3 is 4.74 Å². The SMILES string of the molecule is CC1(C(F)(F)F)CCC(=O)O1. The van der Waals surface area contributed by atoms with Crippen molar-refractivity contribution in [2.75, 3.05) is 0 Å². The Balaban J connectivity index is 2.77. The monoisotopic (exact) mass is 168 g/mol. The molecule has 1 aliphatic heterocycles. The van der Waals surface area contributed by atoms with Crippen molar-refractivity contribution in [1.29, 1.82) is 0 Å². The fraction of sp³-hybridized carbons (Fsp3) is 0.833. The molecule has 1 fully saturated rings. The molecule has 0 aliphatic carbocycles. The first-order valence-corrected chi connectivity index (χ1v) is 3.14. The number of alkyl halides is 3. The standard InChI is InChI=1S/C6H7F3O2/c1-5(6(7,8)9)3-2-4(10)11-5/h2-3H2,1H3. The lowest BCUT2D eigenvalue weighted by Crippen LogP contribution is -2.41. The molecule has 0 saturated carbocycles. The Kier molecular flexibility index (Phi) is 1.61. The van der Waals surface area contributed by atoms with Crippen LogP contribution in [0.25, 0.3) is 0 Å². The van der Waals surface area contributed by atoms with Gasteiger partial charge in [0.15, 0.2) is 0 Å². The van der Waals surface area contributed by atoms with Crippen LogP contribution in [-0.4, -0.2) is 17.7 Å². The number of hydrogen-bond acceptors (Lipinski definition) is 2. The summed E-state index contributed by atoms with van der Waals surface area (Å²) in [6.07, 6.45) is -4.86. The van der Waals surface area contributed by atoms with E-state index in [4.69, 9.17) is 0 Å². The van der Waals surface area contributed by atoms with E-state index in [-0.39, 0.29) is 12.8 Å². The van der Waals surface area contributed by atoms with E-state index >= 15 is 0 Å². The summed E-state index contributed by atoms with van der Waals surface area (Å²) in [7, 11) is 0. The molecule has 0 N–H and O–H groups in total. The van der Waals surface area contributed by atoms with Crippen molar-refractivity contribution in [2.45, 2.75) is 31.5 Å². The first kappa shape index (κ1) is 8.36. The largest absolute Gasteiger partial charge is 0.450 e. The molecule has 1 atom stereocenters. The topological polar surface area (TPSA) is 26.3 Å². The molecule has 1 unspecified atom stereocenters. The Morgan fingerprint density at radius 1 is 1.55 bits per heavy atom. The van der Waals surface area contributed by atoms with E-state index in [2.05, 4.69) is 4.74 Å². The maximum absolute atomic E-state index is 12.0. The molecule has 0 spiro atoms. The van der Waals surface area contributed by atoms with Crippen molar-refractivity contribution < 1.29 is 22.7 Å². The van der Waals surface area contributed by atoms with Crippen LogP contribution in [-0.2, 0) is 9.53 Å². The van der Waals surface area contributed by atoms with Crippen LogP contribution in [0.1, 0.15) is 19.8 Å². The molecule has 0 aromatic rings. The summed E-state index contributed by atoms with van der Waals surface area (Å²) < 4.78 is 40.3. The van der Waals surface area contributed by atoms with Gasteiger partial charge in [0.25, 0.3) is 0 Å². The molecule has 11 heavy (non-hydrogen) atoms. The summed E-state index contributed by atoms with van der Waals surface area (Å²) in [5.41, 5.74) is -2.25. The first-order chi connectivity index (χ1) is 4.85. The van der Waals surface area contributed by atoms with E-state index in [1.807, 2.05) is 0 Å². The van der Waals surface area contributed by atoms with Gasteiger partial charge in [-0.15, -0.1) is 0 Å². The van der Waals surface area contributed by atoms with Crippen LogP contribution < -0.4 is 0 Å². The highest BCUT2D eigenvalue weighted by molar-refractivity contribution is 5.72. The number of esters is 1. The van der Waals surface area contributed by atoms with Crippen LogP contribution in [0.3, 0.4) is 0 Å². The third kappa shape index (κ3) is 1.32. The van der Waals surface area contributed by atoms with Gasteiger partial charge in [-0.1, -0.05) is 0 Å². The Bertz CT molecular complexity index is 187. The van der Waals surface area contributed by atoms with Crippen molar-refractivity contribution in [3.63, 3.8) is 0 Å². The van der Waals surface area contributed by atoms with Crippen LogP contribution in [0.5, 0.6) is 0 Å². The second kappa shape index (κ2) is 2.12. The van der Waals surface area contributed by atoms with E-state index in [0.29, 0.717) is 0 Å². The third-order valence-electron chi connectivity index (χ3n) is 1.74. The maximum Gasteiger partial charge on any atom is 0.428 e. The predicted octanol–water partition coefficient (Wildman–Crippen LogP) is 1.64. The summed E-state index contributed by atoms with van der Waals surface area (Å²) in [6, 6.07) is 0. The molecular weight excluding hydrogens is 161 g/mol. The minimum Gasteiger partial charge on any atom is -0.450 e. The summed E-state index contributed by atoms with van der Waals surface area (Å²) in [5, 5.41) is 0. The number of carbonyl (C=O) groups excluding carboxylic acids is 1. The Hall–Kier alpha value is -0.740. The molecule has 0 radical (unpaired) electrons. The molecule has 1 rings (SSSR count). The molecular formula is C6H7F3O2. The Morgan fingerprint density at radius 2 is 2.09 bits per heavy atom. The number of hydrogen-bond donors (Lipinski definition) is 0. The van der Waals surface area contributed by atoms with Gasteiger partial charge in [0.2, 0.25) is 5.60 Å². The van der Waals surface area contributed by atoms with Crippen LogP contribution in [0.15, 0.2) is 0 Å². The quantitative estimate of drug-likeness (QED) is 0.514. The average molecular weight is 168 g/mol. The normalized spacial score (nSPS) is 32.2. The van der Waals surface area contributed by atoms with Crippen molar-refractivity contribution in [1.82, 2.24) is 0 Å². The van der Waals surface area contributed by atoms with Gasteiger partial charge in [0.05, 0.1) is 0 Å². The molecule has 1 heterocycles. The van der Waals surface area contributed by atoms with E-state index in [0.717, 1.165) is 6.92 Å². The van der Waals surface area contributed by atoms with Crippen molar-refractivity contribution in [3.05, 3.63) is 0 Å². The van der Waals surface area contributed by atoms with Gasteiger partial charge in [-0.3, -0.25) is 4.79 Å². The molecule has 1 aliphatic rings. The highest BCUT2D eigenvalue weighted by Gasteiger charge is 2.57. The van der Waals surface area contributed by atoms with Gasteiger partial charge >= 0.3 is 12.1 Å². The molecule has 1 saturated heterocycles. The van der Waals surface area contributed by atoms with E-state index in [1.54, 1.807) is 0 Å². The van der Waals surface area contributed by atoms with Crippen molar-refractivity contribution in [2.24, 2.45) is 0 Å². The summed E-state index contributed by atoms with van der Waals surface area (Å²) in [6.45, 7) is 0.887. The lowest BCUT2D eigenvalue weighted by molar-refractivity contribution is -0.251. The van der Waals surface area contributed by atoms with Gasteiger partial charge in [-0.25, -0.2) is 0 Å². The molecule has 0 amide bonds. The number of carbonyl (C=O) groups is 1. The minimum atomic E-state index is -4.45. The van der Waals surface area contributed by atoms with E-state index in [9.17, 15) is 18.0 Å². The zero-order chi connectivity index (χ0) is 8.70. The van der Waals surface area contributed by atoms with Gasteiger partial charge in [-0.2, -0.15) is 13.2 Å². The lowest BCUT2D eigenvalue weighted by atomic mass is 10.0. The van der Waals surface area contributed by atoms with Gasteiger partial charge in [-0.05, 0) is 6.92 Å². The maximum atomic E-state index is 12.0. The van der Waals surface area contributed by atoms with E-state index in [1.165, 1.54) is 0 Å². The predicted molar refractivity (Wildman–Crippen MR) is 29.8 cm³/mol. The van der Waals surface area contributed by atoms with Crippen molar-refractivity contribution in [3.8, 4) is 0 Å². The molecule has 5 heteroatoms. The zero-order valence-electron chi connectivity index (χ0n) is 5.86. The van der Waals surface area contributed by atoms with Gasteiger partial charge in [0, 0.05) is 12.8 Å². The number of cyclic esters (lactones) is 1. The molecule has 2 nitrogen and oxygen atoms in total. The summed E-state index contributed by atoms with van der Waals surface area (Å²) in [4.78, 5) is 10.4. The summed E-state index contributed by atoms with van der Waals surface area (Å²) >= 11 is 0. The third-order valence-corrected chi connectivity index (χ3v) is 1.74. The van der Waals surface area contributed by atoms with Crippen LogP contribution in [0.2, 0.25) is 0 Å². The fourth-order valence-corrected chi connectivity index (χ4v) is 0.894. The number of ether oxygens (including phenoxy) is 1. The van der Waals surface area contributed by atoms with Crippen LogP contribution in [0, 0.1) is 0 Å². The van der Waals surface area contributed by atoms with Crippen LogP contribution in [0.4, 0.5) is 13.2 Å². The molecule has 0 bridgehead atoms. The fourth-order valence-electron chi connectivity index (χ4n) is 0.894. The van der Waals surface area contributed by atoms with E-state index < -0.39 is 17.7 Å². The molecule has 0 aromatic heterocycles. The zero-order valence-corrected chi connectivity index (χ0v) is 5.86. The molecule has 64 valence electrons. The van der Waals surface area contributed by atoms with Crippen molar-refractivity contribution >= 4 is 5.97 Å². The van der Waals surface area contributed by atoms with Crippen LogP contribution >= 0.6 is 0 Å². The highest BCUT2D eigenvalue weighted by Crippen LogP contribution is 2.40. The molecule has 0 aromatic carbocycles. The highest BCUT2D eigenvalue weighted by atomic mass is 19.4. The average Bonchev–Trinajstić information content (AvgIpc) is 2.10.